The molecule has 2 heterocycles. The van der Waals surface area contributed by atoms with E-state index in [1.54, 1.807) is 6.20 Å². The largest absolute Gasteiger partial charge is 0.391 e. The van der Waals surface area contributed by atoms with Crippen LogP contribution in [0.3, 0.4) is 0 Å². The number of halogens is 2. The maximum Gasteiger partial charge on any atom is 0.131 e. The molecule has 1 unspecified atom stereocenters. The Hall–Kier alpha value is -0.0700. The highest BCUT2D eigenvalue weighted by molar-refractivity contribution is 14.1. The van der Waals surface area contributed by atoms with Crippen LogP contribution in [0.5, 0.6) is 0 Å². The molecule has 5 heteroatoms. The van der Waals surface area contributed by atoms with E-state index in [2.05, 4.69) is 32.5 Å². The molecule has 1 N–H and O–H groups in total. The second kappa shape index (κ2) is 4.84. The quantitative estimate of drug-likeness (QED) is 0.630. The van der Waals surface area contributed by atoms with Gasteiger partial charge in [-0.2, -0.15) is 0 Å². The maximum absolute atomic E-state index is 9.61. The van der Waals surface area contributed by atoms with Crippen LogP contribution >= 0.6 is 34.2 Å². The summed E-state index contributed by atoms with van der Waals surface area (Å²) in [4.78, 5) is 6.19. The molecule has 1 aliphatic rings. The van der Waals surface area contributed by atoms with Crippen LogP contribution < -0.4 is 4.90 Å². The minimum absolute atomic E-state index is 0.221. The number of anilines is 1. The number of hydrogen-bond donors (Lipinski definition) is 1. The van der Waals surface area contributed by atoms with Crippen molar-refractivity contribution in [2.24, 2.45) is 0 Å². The summed E-state index contributed by atoms with van der Waals surface area (Å²) in [5.41, 5.74) is 1.08. The zero-order valence-electron chi connectivity index (χ0n) is 8.16. The third kappa shape index (κ3) is 2.73. The average Bonchev–Trinajstić information content (AvgIpc) is 2.22. The first kappa shape index (κ1) is 11.4. The van der Waals surface area contributed by atoms with Crippen molar-refractivity contribution in [2.75, 3.05) is 18.0 Å². The van der Waals surface area contributed by atoms with Crippen molar-refractivity contribution in [3.8, 4) is 0 Å². The number of aromatic nitrogens is 1. The highest BCUT2D eigenvalue weighted by Gasteiger charge is 2.19. The molecule has 0 aromatic carbocycles. The Balaban J connectivity index is 2.24. The first-order valence-corrected chi connectivity index (χ1v) is 6.36. The van der Waals surface area contributed by atoms with Crippen LogP contribution in [0.4, 0.5) is 5.69 Å². The van der Waals surface area contributed by atoms with Crippen molar-refractivity contribution in [3.63, 3.8) is 0 Å². The van der Waals surface area contributed by atoms with Crippen LogP contribution in [0.1, 0.15) is 12.8 Å². The number of piperidine rings is 1. The third-order valence-electron chi connectivity index (χ3n) is 2.54. The van der Waals surface area contributed by atoms with Crippen molar-refractivity contribution in [1.29, 1.82) is 0 Å². The lowest BCUT2D eigenvalue weighted by Gasteiger charge is -2.32. The smallest absolute Gasteiger partial charge is 0.131 e. The molecular formula is C10H12ClIN2O. The number of β-amino-alcohol motifs (C(OH)–C–C–N with tert-alkyl or cyclic N) is 1. The summed E-state index contributed by atoms with van der Waals surface area (Å²) in [5, 5.41) is 10.1. The van der Waals surface area contributed by atoms with Gasteiger partial charge in [0.1, 0.15) is 5.15 Å². The van der Waals surface area contributed by atoms with Crippen LogP contribution in [0.25, 0.3) is 0 Å². The van der Waals surface area contributed by atoms with Gasteiger partial charge in [-0.25, -0.2) is 4.98 Å². The lowest BCUT2D eigenvalue weighted by molar-refractivity contribution is 0.154. The lowest BCUT2D eigenvalue weighted by atomic mass is 10.1. The van der Waals surface area contributed by atoms with Gasteiger partial charge in [-0.05, 0) is 41.5 Å². The maximum atomic E-state index is 9.61. The Labute approximate surface area is 108 Å². The molecule has 1 atom stereocenters. The number of aliphatic hydroxyl groups excluding tert-OH is 1. The molecule has 1 aromatic heterocycles. The molecule has 1 aliphatic heterocycles. The summed E-state index contributed by atoms with van der Waals surface area (Å²) in [7, 11) is 0. The molecular weight excluding hydrogens is 326 g/mol. The second-order valence-electron chi connectivity index (χ2n) is 3.70. The fourth-order valence-electron chi connectivity index (χ4n) is 1.82. The first-order chi connectivity index (χ1) is 7.16. The van der Waals surface area contributed by atoms with Gasteiger partial charge in [0.05, 0.1) is 15.4 Å². The zero-order valence-corrected chi connectivity index (χ0v) is 11.1. The third-order valence-corrected chi connectivity index (χ3v) is 3.58. The summed E-state index contributed by atoms with van der Waals surface area (Å²) in [6.45, 7) is 1.67. The normalized spacial score (nSPS) is 21.8. The van der Waals surface area contributed by atoms with E-state index in [-0.39, 0.29) is 6.10 Å². The number of nitrogens with zero attached hydrogens (tertiary/aromatic N) is 2. The first-order valence-electron chi connectivity index (χ1n) is 4.91. The van der Waals surface area contributed by atoms with Gasteiger partial charge < -0.3 is 10.0 Å². The van der Waals surface area contributed by atoms with E-state index < -0.39 is 0 Å². The van der Waals surface area contributed by atoms with Crippen LogP contribution in [0.15, 0.2) is 12.3 Å². The molecule has 15 heavy (non-hydrogen) atoms. The average molecular weight is 339 g/mol. The van der Waals surface area contributed by atoms with Gasteiger partial charge in [-0.15, -0.1) is 0 Å². The standard InChI is InChI=1S/C10H12ClIN2O/c11-10-4-9(8(12)5-13-10)14-3-1-2-7(15)6-14/h4-5,7,15H,1-3,6H2. The predicted molar refractivity (Wildman–Crippen MR) is 69.4 cm³/mol. The number of rotatable bonds is 1. The zero-order chi connectivity index (χ0) is 10.8. The molecule has 0 aliphatic carbocycles. The molecule has 0 radical (unpaired) electrons. The van der Waals surface area contributed by atoms with Gasteiger partial charge in [0, 0.05) is 19.3 Å². The molecule has 3 nitrogen and oxygen atoms in total. The minimum Gasteiger partial charge on any atom is -0.391 e. The SMILES string of the molecule is OC1CCCN(c2cc(Cl)ncc2I)C1. The molecule has 82 valence electrons. The summed E-state index contributed by atoms with van der Waals surface area (Å²) < 4.78 is 1.08. The van der Waals surface area contributed by atoms with E-state index in [0.29, 0.717) is 11.7 Å². The number of hydrogen-bond acceptors (Lipinski definition) is 3. The predicted octanol–water partition coefficient (Wildman–Crippen LogP) is 2.30. The molecule has 1 saturated heterocycles. The molecule has 0 saturated carbocycles. The molecule has 0 amide bonds. The fourth-order valence-corrected chi connectivity index (χ4v) is 2.61. The Kier molecular flexibility index (Phi) is 3.69. The topological polar surface area (TPSA) is 36.4 Å². The van der Waals surface area contributed by atoms with Crippen molar-refractivity contribution < 1.29 is 5.11 Å². The molecule has 0 bridgehead atoms. The van der Waals surface area contributed by atoms with Crippen LogP contribution in [0, 0.1) is 3.57 Å². The molecule has 1 aromatic rings. The lowest BCUT2D eigenvalue weighted by Crippen LogP contribution is -2.38. The van der Waals surface area contributed by atoms with E-state index in [0.717, 1.165) is 28.6 Å². The van der Waals surface area contributed by atoms with E-state index >= 15 is 0 Å². The van der Waals surface area contributed by atoms with Gasteiger partial charge in [-0.1, -0.05) is 11.6 Å². The number of aliphatic hydroxyl groups is 1. The highest BCUT2D eigenvalue weighted by Crippen LogP contribution is 2.27. The van der Waals surface area contributed by atoms with Gasteiger partial charge in [0.15, 0.2) is 0 Å². The summed E-state index contributed by atoms with van der Waals surface area (Å²) in [5.74, 6) is 0. The monoisotopic (exact) mass is 338 g/mol. The Bertz CT molecular complexity index is 361. The van der Waals surface area contributed by atoms with Crippen LogP contribution in [-0.4, -0.2) is 29.3 Å². The number of pyridine rings is 1. The summed E-state index contributed by atoms with van der Waals surface area (Å²) in [6.07, 6.45) is 3.46. The van der Waals surface area contributed by atoms with Crippen molar-refractivity contribution in [2.45, 2.75) is 18.9 Å². The van der Waals surface area contributed by atoms with E-state index in [1.807, 2.05) is 6.07 Å². The van der Waals surface area contributed by atoms with Crippen LogP contribution in [-0.2, 0) is 0 Å². The summed E-state index contributed by atoms with van der Waals surface area (Å²) >= 11 is 8.11. The van der Waals surface area contributed by atoms with Gasteiger partial charge >= 0.3 is 0 Å². The van der Waals surface area contributed by atoms with Crippen molar-refractivity contribution in [1.82, 2.24) is 4.98 Å². The summed E-state index contributed by atoms with van der Waals surface area (Å²) in [6, 6.07) is 1.86. The van der Waals surface area contributed by atoms with Crippen LogP contribution in [0.2, 0.25) is 5.15 Å². The van der Waals surface area contributed by atoms with E-state index in [9.17, 15) is 5.11 Å². The van der Waals surface area contributed by atoms with Crippen molar-refractivity contribution in [3.05, 3.63) is 21.0 Å². The molecule has 1 fully saturated rings. The Morgan fingerprint density at radius 1 is 1.60 bits per heavy atom. The Morgan fingerprint density at radius 3 is 3.13 bits per heavy atom. The van der Waals surface area contributed by atoms with E-state index in [4.69, 9.17) is 11.6 Å². The highest BCUT2D eigenvalue weighted by atomic mass is 127. The van der Waals surface area contributed by atoms with Crippen molar-refractivity contribution >= 4 is 39.9 Å². The Morgan fingerprint density at radius 2 is 2.40 bits per heavy atom. The molecule has 2 rings (SSSR count). The van der Waals surface area contributed by atoms with Gasteiger partial charge in [-0.3, -0.25) is 0 Å². The van der Waals surface area contributed by atoms with Gasteiger partial charge in [0.25, 0.3) is 0 Å². The van der Waals surface area contributed by atoms with E-state index in [1.165, 1.54) is 0 Å². The minimum atomic E-state index is -0.221. The fraction of sp³-hybridized carbons (Fsp3) is 0.500. The molecule has 0 spiro atoms. The van der Waals surface area contributed by atoms with Gasteiger partial charge in [0.2, 0.25) is 0 Å². The second-order valence-corrected chi connectivity index (χ2v) is 5.25.